The minimum Gasteiger partial charge on any atom is -0.366 e. The number of rotatable bonds is 3. The van der Waals surface area contributed by atoms with E-state index in [1.165, 1.54) is 0 Å². The molecule has 0 aliphatic carbocycles. The van der Waals surface area contributed by atoms with Crippen molar-refractivity contribution in [3.05, 3.63) is 0 Å². The molecule has 2 nitrogen and oxygen atoms in total. The molecule has 0 aromatic heterocycles. The first kappa shape index (κ1) is 7.01. The van der Waals surface area contributed by atoms with E-state index in [-0.39, 0.29) is 6.61 Å². The highest BCUT2D eigenvalue weighted by Crippen LogP contribution is 1.76. The largest absolute Gasteiger partial charge is 0.366 e. The molecule has 0 aromatic carbocycles. The molecule has 0 saturated heterocycles. The van der Waals surface area contributed by atoms with Gasteiger partial charge in [0.2, 0.25) is 0 Å². The van der Waals surface area contributed by atoms with E-state index in [4.69, 9.17) is 16.4 Å². The summed E-state index contributed by atoms with van der Waals surface area (Å²) in [6, 6.07) is 1.84. The van der Waals surface area contributed by atoms with Crippen LogP contribution in [0.2, 0.25) is 0 Å². The summed E-state index contributed by atoms with van der Waals surface area (Å²) in [5.41, 5.74) is 0. The molecule has 0 radical (unpaired) electrons. The average molecular weight is 109 g/mol. The van der Waals surface area contributed by atoms with E-state index in [0.717, 1.165) is 0 Å². The van der Waals surface area contributed by atoms with Crippen molar-refractivity contribution in [2.45, 2.75) is 6.42 Å². The van der Waals surface area contributed by atoms with E-state index in [9.17, 15) is 0 Å². The molecule has 42 valence electrons. The topological polar surface area (TPSA) is 33.0 Å². The smallest absolute Gasteiger partial charge is 0.133 e. The number of hydrogen-bond acceptors (Lipinski definition) is 2. The molecule has 0 rings (SSSR count). The summed E-state index contributed by atoms with van der Waals surface area (Å²) in [5, 5.41) is 7.94. The Hall–Kier alpha value is -0.990. The maximum absolute atomic E-state index is 7.94. The van der Waals surface area contributed by atoms with Gasteiger partial charge in [-0.25, -0.2) is 0 Å². The number of nitriles is 1. The lowest BCUT2D eigenvalue weighted by Gasteiger charge is -1.89. The molecule has 0 spiro atoms. The number of terminal acetylenes is 1. The molecule has 0 amide bonds. The maximum Gasteiger partial charge on any atom is 0.133 e. The lowest BCUT2D eigenvalue weighted by atomic mass is 10.5. The Morgan fingerprint density at radius 1 is 1.62 bits per heavy atom. The van der Waals surface area contributed by atoms with Gasteiger partial charge in [-0.15, -0.1) is 12.3 Å². The second-order valence-electron chi connectivity index (χ2n) is 1.16. The first-order chi connectivity index (χ1) is 3.91. The van der Waals surface area contributed by atoms with Gasteiger partial charge in [0.15, 0.2) is 0 Å². The molecular formula is C6H7NO. The van der Waals surface area contributed by atoms with Crippen molar-refractivity contribution >= 4 is 0 Å². The van der Waals surface area contributed by atoms with Crippen LogP contribution in [-0.2, 0) is 4.74 Å². The molecular weight excluding hydrogens is 102 g/mol. The Balaban J connectivity index is 2.77. The van der Waals surface area contributed by atoms with Crippen LogP contribution in [0.15, 0.2) is 0 Å². The van der Waals surface area contributed by atoms with Crippen molar-refractivity contribution in [1.82, 2.24) is 0 Å². The Morgan fingerprint density at radius 3 is 2.88 bits per heavy atom. The van der Waals surface area contributed by atoms with E-state index in [1.807, 2.05) is 6.07 Å². The third-order valence-electron chi connectivity index (χ3n) is 0.557. The van der Waals surface area contributed by atoms with Crippen molar-refractivity contribution < 1.29 is 4.74 Å². The van der Waals surface area contributed by atoms with Crippen LogP contribution in [0.4, 0.5) is 0 Å². The van der Waals surface area contributed by atoms with Crippen molar-refractivity contribution in [2.24, 2.45) is 0 Å². The molecule has 0 unspecified atom stereocenters. The van der Waals surface area contributed by atoms with Crippen molar-refractivity contribution in [3.63, 3.8) is 0 Å². The predicted molar refractivity (Wildman–Crippen MR) is 29.9 cm³/mol. The maximum atomic E-state index is 7.94. The van der Waals surface area contributed by atoms with Crippen molar-refractivity contribution in [1.29, 1.82) is 5.26 Å². The summed E-state index contributed by atoms with van der Waals surface area (Å²) in [6.07, 6.45) is 5.48. The normalized spacial score (nSPS) is 7.25. The van der Waals surface area contributed by atoms with Gasteiger partial charge in [0.05, 0.1) is 12.7 Å². The van der Waals surface area contributed by atoms with Gasteiger partial charge in [0.1, 0.15) is 6.61 Å². The lowest BCUT2D eigenvalue weighted by molar-refractivity contribution is 0.172. The average Bonchev–Trinajstić information content (AvgIpc) is 1.81. The fourth-order valence-electron chi connectivity index (χ4n) is 0.249. The Bertz CT molecular complexity index is 101. The highest BCUT2D eigenvalue weighted by Gasteiger charge is 1.79. The molecule has 0 aliphatic rings. The van der Waals surface area contributed by atoms with Gasteiger partial charge in [-0.05, 0) is 0 Å². The first-order valence-electron chi connectivity index (χ1n) is 2.30. The zero-order valence-corrected chi connectivity index (χ0v) is 4.55. The third-order valence-corrected chi connectivity index (χ3v) is 0.557. The van der Waals surface area contributed by atoms with E-state index < -0.39 is 0 Å². The van der Waals surface area contributed by atoms with Crippen LogP contribution in [0, 0.1) is 23.7 Å². The van der Waals surface area contributed by atoms with E-state index >= 15 is 0 Å². The minimum atomic E-state index is 0.141. The number of nitrogens with zero attached hydrogens (tertiary/aromatic N) is 1. The molecule has 0 aliphatic heterocycles. The molecule has 0 N–H and O–H groups in total. The van der Waals surface area contributed by atoms with Gasteiger partial charge in [0, 0.05) is 6.42 Å². The standard InChI is InChI=1S/C6H7NO/c1-2-3-5-8-6-4-7/h1H,3,5-6H2. The van der Waals surface area contributed by atoms with Crippen LogP contribution in [0.1, 0.15) is 6.42 Å². The molecule has 0 atom stereocenters. The van der Waals surface area contributed by atoms with Gasteiger partial charge in [-0.3, -0.25) is 0 Å². The van der Waals surface area contributed by atoms with Gasteiger partial charge >= 0.3 is 0 Å². The highest BCUT2D eigenvalue weighted by atomic mass is 16.5. The van der Waals surface area contributed by atoms with Crippen LogP contribution in [0.3, 0.4) is 0 Å². The zero-order chi connectivity index (χ0) is 6.24. The number of hydrogen-bond donors (Lipinski definition) is 0. The monoisotopic (exact) mass is 109 g/mol. The molecule has 0 aromatic rings. The summed E-state index contributed by atoms with van der Waals surface area (Å²) in [7, 11) is 0. The van der Waals surface area contributed by atoms with Crippen LogP contribution < -0.4 is 0 Å². The zero-order valence-electron chi connectivity index (χ0n) is 4.55. The van der Waals surface area contributed by atoms with Crippen LogP contribution >= 0.6 is 0 Å². The van der Waals surface area contributed by atoms with Gasteiger partial charge in [0.25, 0.3) is 0 Å². The minimum absolute atomic E-state index is 0.141. The molecule has 2 heteroatoms. The fraction of sp³-hybridized carbons (Fsp3) is 0.500. The second kappa shape index (κ2) is 6.01. The second-order valence-corrected chi connectivity index (χ2v) is 1.16. The predicted octanol–water partition coefficient (Wildman–Crippen LogP) is 0.550. The highest BCUT2D eigenvalue weighted by molar-refractivity contribution is 4.83. The Kier molecular flexibility index (Phi) is 5.27. The van der Waals surface area contributed by atoms with E-state index in [2.05, 4.69) is 5.92 Å². The molecule has 0 heterocycles. The summed E-state index contributed by atoms with van der Waals surface area (Å²) in [5.74, 6) is 2.39. The quantitative estimate of drug-likeness (QED) is 0.391. The van der Waals surface area contributed by atoms with Gasteiger partial charge < -0.3 is 4.74 Å². The SMILES string of the molecule is C#CCCOCC#N. The Labute approximate surface area is 49.1 Å². The summed E-state index contributed by atoms with van der Waals surface area (Å²) < 4.78 is 4.72. The molecule has 0 saturated carbocycles. The van der Waals surface area contributed by atoms with Crippen LogP contribution in [0.5, 0.6) is 0 Å². The van der Waals surface area contributed by atoms with E-state index in [0.29, 0.717) is 13.0 Å². The first-order valence-corrected chi connectivity index (χ1v) is 2.30. The summed E-state index contributed by atoms with van der Waals surface area (Å²) >= 11 is 0. The van der Waals surface area contributed by atoms with Gasteiger partial charge in [-0.2, -0.15) is 5.26 Å². The van der Waals surface area contributed by atoms with E-state index in [1.54, 1.807) is 0 Å². The van der Waals surface area contributed by atoms with Crippen LogP contribution in [0.25, 0.3) is 0 Å². The summed E-state index contributed by atoms with van der Waals surface area (Å²) in [6.45, 7) is 0.631. The van der Waals surface area contributed by atoms with Crippen molar-refractivity contribution in [2.75, 3.05) is 13.2 Å². The molecule has 0 bridgehead atoms. The lowest BCUT2D eigenvalue weighted by Crippen LogP contribution is -1.91. The number of ether oxygens (including phenoxy) is 1. The third kappa shape index (κ3) is 5.01. The Morgan fingerprint density at radius 2 is 2.38 bits per heavy atom. The fourth-order valence-corrected chi connectivity index (χ4v) is 0.249. The summed E-state index contributed by atoms with van der Waals surface area (Å²) in [4.78, 5) is 0. The van der Waals surface area contributed by atoms with Crippen molar-refractivity contribution in [3.8, 4) is 18.4 Å². The van der Waals surface area contributed by atoms with Gasteiger partial charge in [-0.1, -0.05) is 0 Å². The molecule has 0 fully saturated rings. The molecule has 8 heavy (non-hydrogen) atoms. The van der Waals surface area contributed by atoms with Crippen LogP contribution in [-0.4, -0.2) is 13.2 Å².